The Balaban J connectivity index is 1.99. The Labute approximate surface area is 152 Å². The van der Waals surface area contributed by atoms with Crippen LogP contribution >= 0.6 is 0 Å². The van der Waals surface area contributed by atoms with Crippen molar-refractivity contribution >= 4 is 11.5 Å². The van der Waals surface area contributed by atoms with E-state index in [0.717, 1.165) is 5.57 Å². The summed E-state index contributed by atoms with van der Waals surface area (Å²) in [5.41, 5.74) is 1.52. The molecular formula is C19H23N3O4. The average molecular weight is 357 g/mol. The highest BCUT2D eigenvalue weighted by Crippen LogP contribution is 2.15. The van der Waals surface area contributed by atoms with Crippen molar-refractivity contribution < 1.29 is 19.7 Å². The van der Waals surface area contributed by atoms with Gasteiger partial charge in [-0.25, -0.2) is 4.98 Å². The Morgan fingerprint density at radius 3 is 2.65 bits per heavy atom. The normalized spacial score (nSPS) is 23.6. The van der Waals surface area contributed by atoms with Crippen molar-refractivity contribution in [2.75, 3.05) is 13.2 Å². The molecule has 0 aromatic carbocycles. The predicted molar refractivity (Wildman–Crippen MR) is 98.2 cm³/mol. The Kier molecular flexibility index (Phi) is 7.40. The number of ether oxygens (including phenoxy) is 1. The standard InChI is InChI=1S/C19H23N3O4/c1-3-5-7-13(6-4-2)14-10-21-15(11-20-14)19(25)22-12-17-18(24)16(23)8-9-26-17/h3-7,10-11,16-18,23-24H,1-2,8-9,12H2,(H,22,25)/b7-5-,13-6+. The second-order valence-electron chi connectivity index (χ2n) is 5.71. The number of amides is 1. The first-order chi connectivity index (χ1) is 12.6. The maximum Gasteiger partial charge on any atom is 0.271 e. The van der Waals surface area contributed by atoms with Gasteiger partial charge in [0.05, 0.1) is 24.2 Å². The van der Waals surface area contributed by atoms with E-state index in [2.05, 4.69) is 28.4 Å². The van der Waals surface area contributed by atoms with E-state index in [-0.39, 0.29) is 12.2 Å². The summed E-state index contributed by atoms with van der Waals surface area (Å²) in [7, 11) is 0. The molecule has 1 aromatic rings. The second kappa shape index (κ2) is 9.76. The molecule has 2 heterocycles. The van der Waals surface area contributed by atoms with E-state index < -0.39 is 24.2 Å². The summed E-state index contributed by atoms with van der Waals surface area (Å²) in [6.07, 6.45) is 9.35. The van der Waals surface area contributed by atoms with Crippen LogP contribution in [-0.4, -0.2) is 57.6 Å². The summed E-state index contributed by atoms with van der Waals surface area (Å²) in [6, 6.07) is 0. The smallest absolute Gasteiger partial charge is 0.271 e. The van der Waals surface area contributed by atoms with Gasteiger partial charge in [0.25, 0.3) is 5.91 Å². The third-order valence-corrected chi connectivity index (χ3v) is 3.87. The fourth-order valence-electron chi connectivity index (χ4n) is 2.44. The molecule has 1 aromatic heterocycles. The molecule has 3 N–H and O–H groups in total. The zero-order valence-electron chi connectivity index (χ0n) is 14.4. The van der Waals surface area contributed by atoms with E-state index in [4.69, 9.17) is 4.74 Å². The molecule has 1 saturated heterocycles. The summed E-state index contributed by atoms with van der Waals surface area (Å²) in [6.45, 7) is 7.69. The third kappa shape index (κ3) is 5.19. The van der Waals surface area contributed by atoms with Crippen molar-refractivity contribution in [3.05, 3.63) is 67.3 Å². The molecule has 0 radical (unpaired) electrons. The van der Waals surface area contributed by atoms with Crippen LogP contribution in [0, 0.1) is 0 Å². The van der Waals surface area contributed by atoms with E-state index in [9.17, 15) is 15.0 Å². The Bertz CT molecular complexity index is 697. The van der Waals surface area contributed by atoms with Gasteiger partial charge in [-0.15, -0.1) is 0 Å². The summed E-state index contributed by atoms with van der Waals surface area (Å²) < 4.78 is 5.37. The number of hydrogen-bond acceptors (Lipinski definition) is 6. The number of nitrogens with zero attached hydrogens (tertiary/aromatic N) is 2. The molecule has 1 amide bonds. The maximum absolute atomic E-state index is 12.2. The molecule has 0 bridgehead atoms. The van der Waals surface area contributed by atoms with Gasteiger partial charge in [-0.05, 0) is 6.42 Å². The predicted octanol–water partition coefficient (Wildman–Crippen LogP) is 1.03. The van der Waals surface area contributed by atoms with Gasteiger partial charge in [-0.3, -0.25) is 9.78 Å². The first-order valence-electron chi connectivity index (χ1n) is 8.27. The van der Waals surface area contributed by atoms with Crippen molar-refractivity contribution in [3.63, 3.8) is 0 Å². The monoisotopic (exact) mass is 357 g/mol. The number of carbonyl (C=O) groups is 1. The summed E-state index contributed by atoms with van der Waals surface area (Å²) in [4.78, 5) is 20.6. The lowest BCUT2D eigenvalue weighted by Crippen LogP contribution is -2.50. The van der Waals surface area contributed by atoms with Gasteiger partial charge in [0, 0.05) is 18.7 Å². The zero-order valence-corrected chi connectivity index (χ0v) is 14.4. The number of aromatic nitrogens is 2. The van der Waals surface area contributed by atoms with Crippen LogP contribution in [0.25, 0.3) is 5.57 Å². The fraction of sp³-hybridized carbons (Fsp3) is 0.316. The largest absolute Gasteiger partial charge is 0.390 e. The minimum atomic E-state index is -1.03. The number of hydrogen-bond donors (Lipinski definition) is 3. The van der Waals surface area contributed by atoms with Crippen molar-refractivity contribution in [1.82, 2.24) is 15.3 Å². The van der Waals surface area contributed by atoms with Crippen molar-refractivity contribution in [2.24, 2.45) is 0 Å². The molecule has 7 nitrogen and oxygen atoms in total. The number of rotatable bonds is 7. The highest BCUT2D eigenvalue weighted by atomic mass is 16.5. The summed E-state index contributed by atoms with van der Waals surface area (Å²) in [5, 5.41) is 22.1. The van der Waals surface area contributed by atoms with E-state index >= 15 is 0 Å². The Morgan fingerprint density at radius 1 is 1.27 bits per heavy atom. The molecule has 7 heteroatoms. The topological polar surface area (TPSA) is 105 Å². The minimum Gasteiger partial charge on any atom is -0.390 e. The number of allylic oxidation sites excluding steroid dienone is 6. The van der Waals surface area contributed by atoms with Gasteiger partial charge in [0.1, 0.15) is 17.9 Å². The SMILES string of the molecule is C=C/C=C\C(=C/C=C)c1cnc(C(=O)NCC2OCCC(O)C2O)cn1. The minimum absolute atomic E-state index is 0.0736. The third-order valence-electron chi connectivity index (χ3n) is 3.87. The van der Waals surface area contributed by atoms with Crippen LogP contribution in [0.1, 0.15) is 22.6 Å². The lowest BCUT2D eigenvalue weighted by atomic mass is 10.0. The van der Waals surface area contributed by atoms with Gasteiger partial charge in [0.15, 0.2) is 0 Å². The fourth-order valence-corrected chi connectivity index (χ4v) is 2.44. The lowest BCUT2D eigenvalue weighted by molar-refractivity contribution is -0.132. The first kappa shape index (κ1) is 19.7. The average Bonchev–Trinajstić information content (AvgIpc) is 2.66. The van der Waals surface area contributed by atoms with Gasteiger partial charge < -0.3 is 20.3 Å². The van der Waals surface area contributed by atoms with E-state index in [1.807, 2.05) is 6.08 Å². The molecule has 0 aliphatic carbocycles. The second-order valence-corrected chi connectivity index (χ2v) is 5.71. The van der Waals surface area contributed by atoms with Gasteiger partial charge in [-0.2, -0.15) is 0 Å². The van der Waals surface area contributed by atoms with Crippen molar-refractivity contribution in [1.29, 1.82) is 0 Å². The van der Waals surface area contributed by atoms with Gasteiger partial charge in [-0.1, -0.05) is 43.5 Å². The van der Waals surface area contributed by atoms with Crippen LogP contribution in [0.3, 0.4) is 0 Å². The van der Waals surface area contributed by atoms with Gasteiger partial charge in [0.2, 0.25) is 0 Å². The molecule has 0 spiro atoms. The van der Waals surface area contributed by atoms with Crippen LogP contribution in [0.2, 0.25) is 0 Å². The summed E-state index contributed by atoms with van der Waals surface area (Å²) in [5.74, 6) is -0.434. The first-order valence-corrected chi connectivity index (χ1v) is 8.27. The van der Waals surface area contributed by atoms with Crippen LogP contribution < -0.4 is 5.32 Å². The van der Waals surface area contributed by atoms with Crippen LogP contribution in [0.4, 0.5) is 0 Å². The Morgan fingerprint density at radius 2 is 2.00 bits per heavy atom. The zero-order chi connectivity index (χ0) is 18.9. The number of carbonyl (C=O) groups excluding carboxylic acids is 1. The molecule has 3 atom stereocenters. The number of nitrogens with one attached hydrogen (secondary N) is 1. The molecule has 26 heavy (non-hydrogen) atoms. The highest BCUT2D eigenvalue weighted by Gasteiger charge is 2.31. The van der Waals surface area contributed by atoms with Crippen molar-refractivity contribution in [2.45, 2.75) is 24.7 Å². The molecule has 138 valence electrons. The molecule has 1 aliphatic heterocycles. The molecule has 1 fully saturated rings. The quantitative estimate of drug-likeness (QED) is 0.630. The van der Waals surface area contributed by atoms with Crippen LogP contribution in [0.5, 0.6) is 0 Å². The van der Waals surface area contributed by atoms with Crippen molar-refractivity contribution in [3.8, 4) is 0 Å². The highest BCUT2D eigenvalue weighted by molar-refractivity contribution is 5.92. The summed E-state index contributed by atoms with van der Waals surface area (Å²) >= 11 is 0. The molecular weight excluding hydrogens is 334 g/mol. The van der Waals surface area contributed by atoms with Crippen LogP contribution in [0.15, 0.2) is 55.9 Å². The molecule has 2 rings (SSSR count). The van der Waals surface area contributed by atoms with E-state index in [0.29, 0.717) is 18.7 Å². The van der Waals surface area contributed by atoms with Gasteiger partial charge >= 0.3 is 0 Å². The molecule has 1 aliphatic rings. The maximum atomic E-state index is 12.2. The number of aliphatic hydroxyl groups excluding tert-OH is 2. The molecule has 0 saturated carbocycles. The Hall–Kier alpha value is -2.61. The van der Waals surface area contributed by atoms with E-state index in [1.54, 1.807) is 24.3 Å². The van der Waals surface area contributed by atoms with E-state index in [1.165, 1.54) is 12.4 Å². The molecule has 3 unspecified atom stereocenters. The lowest BCUT2D eigenvalue weighted by Gasteiger charge is -2.31. The number of aliphatic hydroxyl groups is 2. The van der Waals surface area contributed by atoms with Crippen LogP contribution in [-0.2, 0) is 4.74 Å².